The van der Waals surface area contributed by atoms with Crippen LogP contribution in [-0.2, 0) is 32.1 Å². The molecule has 0 radical (unpaired) electrons. The summed E-state index contributed by atoms with van der Waals surface area (Å²) in [5.74, 6) is -0.377. The van der Waals surface area contributed by atoms with Crippen LogP contribution in [0, 0.1) is 0 Å². The number of carbonyl (C=O) groups is 1. The van der Waals surface area contributed by atoms with Gasteiger partial charge in [0.05, 0.1) is 12.8 Å². The second-order valence-corrected chi connectivity index (χ2v) is 6.39. The van der Waals surface area contributed by atoms with Crippen molar-refractivity contribution >= 4 is 23.3 Å². The zero-order valence-corrected chi connectivity index (χ0v) is 16.5. The fourth-order valence-corrected chi connectivity index (χ4v) is 2.78. The Labute approximate surface area is 164 Å². The molecular weight excluding hydrogens is 366 g/mol. The van der Waals surface area contributed by atoms with E-state index in [1.54, 1.807) is 0 Å². The molecule has 0 bridgehead atoms. The molecule has 0 fully saturated rings. The van der Waals surface area contributed by atoms with Crippen LogP contribution in [0.4, 0.5) is 0 Å². The van der Waals surface area contributed by atoms with Gasteiger partial charge in [-0.15, -0.1) is 0 Å². The Morgan fingerprint density at radius 2 is 1.89 bits per heavy atom. The number of nitrogens with zero attached hydrogens (tertiary/aromatic N) is 1. The van der Waals surface area contributed by atoms with Gasteiger partial charge in [0.2, 0.25) is 0 Å². The first-order valence-electron chi connectivity index (χ1n) is 8.73. The van der Waals surface area contributed by atoms with Crippen molar-refractivity contribution < 1.29 is 19.1 Å². The normalized spacial score (nSPS) is 12.5. The van der Waals surface area contributed by atoms with Crippen LogP contribution in [0.15, 0.2) is 53.7 Å². The largest absolute Gasteiger partial charge is 0.467 e. The molecule has 0 spiro atoms. The lowest BCUT2D eigenvalue weighted by Gasteiger charge is -2.15. The molecule has 5 nitrogen and oxygen atoms in total. The van der Waals surface area contributed by atoms with Crippen molar-refractivity contribution in [2.45, 2.75) is 33.0 Å². The van der Waals surface area contributed by atoms with Crippen molar-refractivity contribution in [2.75, 3.05) is 13.7 Å². The van der Waals surface area contributed by atoms with Crippen LogP contribution in [0.25, 0.3) is 0 Å². The van der Waals surface area contributed by atoms with E-state index in [4.69, 9.17) is 25.9 Å². The predicted molar refractivity (Wildman–Crippen MR) is 106 cm³/mol. The second-order valence-electron chi connectivity index (χ2n) is 5.95. The van der Waals surface area contributed by atoms with Crippen LogP contribution in [0.1, 0.15) is 30.5 Å². The zero-order valence-electron chi connectivity index (χ0n) is 15.8. The highest BCUT2D eigenvalue weighted by atomic mass is 35.5. The summed E-state index contributed by atoms with van der Waals surface area (Å²) in [6, 6.07) is 15.2. The predicted octanol–water partition coefficient (Wildman–Crippen LogP) is 4.40. The number of hydrogen-bond donors (Lipinski definition) is 0. The number of carbonyl (C=O) groups excluding carboxylic acids is 1. The molecule has 6 heteroatoms. The molecule has 0 unspecified atom stereocenters. The number of methoxy groups -OCH3 is 1. The average molecular weight is 390 g/mol. The van der Waals surface area contributed by atoms with E-state index >= 15 is 0 Å². The van der Waals surface area contributed by atoms with Gasteiger partial charge in [0.1, 0.15) is 6.61 Å². The van der Waals surface area contributed by atoms with Gasteiger partial charge in [-0.3, -0.25) is 0 Å². The van der Waals surface area contributed by atoms with Crippen LogP contribution in [0.3, 0.4) is 0 Å². The third kappa shape index (κ3) is 6.70. The third-order valence-electron chi connectivity index (χ3n) is 3.92. The van der Waals surface area contributed by atoms with Gasteiger partial charge in [-0.05, 0) is 48.7 Å². The van der Waals surface area contributed by atoms with Gasteiger partial charge in [0.15, 0.2) is 6.10 Å². The minimum atomic E-state index is -0.619. The van der Waals surface area contributed by atoms with E-state index in [0.29, 0.717) is 24.7 Å². The number of esters is 1. The van der Waals surface area contributed by atoms with Crippen molar-refractivity contribution in [1.82, 2.24) is 0 Å². The molecule has 2 aromatic rings. The molecule has 2 rings (SSSR count). The number of benzene rings is 2. The first-order valence-corrected chi connectivity index (χ1v) is 9.11. The van der Waals surface area contributed by atoms with Crippen molar-refractivity contribution in [3.05, 3.63) is 70.2 Å². The maximum Gasteiger partial charge on any atom is 0.335 e. The molecule has 0 aliphatic rings. The summed E-state index contributed by atoms with van der Waals surface area (Å²) in [7, 11) is 1.36. The Bertz CT molecular complexity index is 791. The summed E-state index contributed by atoms with van der Waals surface area (Å²) in [6.07, 6.45) is -0.183. The molecule has 0 aromatic heterocycles. The van der Waals surface area contributed by atoms with E-state index in [2.05, 4.69) is 5.16 Å². The van der Waals surface area contributed by atoms with Crippen molar-refractivity contribution in [3.8, 4) is 0 Å². The third-order valence-corrected chi connectivity index (χ3v) is 4.15. The SMILES string of the molecule is CCO[C@@H](Cc1cccc(/C(C)=N/OCc2cccc(Cl)c2)c1)C(=O)OC. The Morgan fingerprint density at radius 3 is 2.59 bits per heavy atom. The lowest BCUT2D eigenvalue weighted by Crippen LogP contribution is -2.28. The Kier molecular flexibility index (Phi) is 8.30. The lowest BCUT2D eigenvalue weighted by atomic mass is 10.0. The van der Waals surface area contributed by atoms with Gasteiger partial charge < -0.3 is 14.3 Å². The van der Waals surface area contributed by atoms with E-state index < -0.39 is 6.10 Å². The van der Waals surface area contributed by atoms with Crippen molar-refractivity contribution in [3.63, 3.8) is 0 Å². The minimum absolute atomic E-state index is 0.340. The molecule has 144 valence electrons. The Morgan fingerprint density at radius 1 is 1.15 bits per heavy atom. The molecule has 0 saturated heterocycles. The summed E-state index contributed by atoms with van der Waals surface area (Å²) in [5.41, 5.74) is 3.56. The van der Waals surface area contributed by atoms with Gasteiger partial charge in [0.25, 0.3) is 0 Å². The van der Waals surface area contributed by atoms with Gasteiger partial charge in [0, 0.05) is 18.1 Å². The maximum atomic E-state index is 11.8. The molecule has 0 saturated carbocycles. The summed E-state index contributed by atoms with van der Waals surface area (Å²) in [6.45, 7) is 4.50. The average Bonchev–Trinajstić information content (AvgIpc) is 2.67. The molecule has 0 aliphatic heterocycles. The number of oxime groups is 1. The number of rotatable bonds is 9. The molecular formula is C21H24ClNO4. The highest BCUT2D eigenvalue weighted by Gasteiger charge is 2.20. The summed E-state index contributed by atoms with van der Waals surface area (Å²) < 4.78 is 10.3. The molecule has 27 heavy (non-hydrogen) atoms. The zero-order chi connectivity index (χ0) is 19.6. The highest BCUT2D eigenvalue weighted by molar-refractivity contribution is 6.30. The molecule has 1 atom stereocenters. The summed E-state index contributed by atoms with van der Waals surface area (Å²) in [4.78, 5) is 17.3. The Balaban J connectivity index is 2.03. The van der Waals surface area contributed by atoms with Crippen LogP contribution in [-0.4, -0.2) is 31.5 Å². The minimum Gasteiger partial charge on any atom is -0.467 e. The molecule has 2 aromatic carbocycles. The van der Waals surface area contributed by atoms with E-state index in [1.807, 2.05) is 62.4 Å². The molecule has 0 heterocycles. The Hall–Kier alpha value is -2.37. The summed E-state index contributed by atoms with van der Waals surface area (Å²) in [5, 5.41) is 4.84. The first kappa shape index (κ1) is 20.9. The fourth-order valence-electron chi connectivity index (χ4n) is 2.56. The van der Waals surface area contributed by atoms with E-state index in [-0.39, 0.29) is 5.97 Å². The van der Waals surface area contributed by atoms with Gasteiger partial charge >= 0.3 is 5.97 Å². The van der Waals surface area contributed by atoms with E-state index in [0.717, 1.165) is 22.4 Å². The van der Waals surface area contributed by atoms with Gasteiger partial charge in [-0.25, -0.2) is 4.79 Å². The molecule has 0 aliphatic carbocycles. The van der Waals surface area contributed by atoms with E-state index in [1.165, 1.54) is 7.11 Å². The highest BCUT2D eigenvalue weighted by Crippen LogP contribution is 2.14. The van der Waals surface area contributed by atoms with Crippen LogP contribution in [0.2, 0.25) is 5.02 Å². The molecule has 0 N–H and O–H groups in total. The monoisotopic (exact) mass is 389 g/mol. The van der Waals surface area contributed by atoms with Crippen molar-refractivity contribution in [1.29, 1.82) is 0 Å². The standard InChI is InChI=1S/C21H24ClNO4/c1-4-26-20(21(24)25-3)13-16-7-5-9-18(11-16)15(2)23-27-14-17-8-6-10-19(22)12-17/h5-12,20H,4,13-14H2,1-3H3/b23-15+/t20-/m0/s1. The topological polar surface area (TPSA) is 57.1 Å². The van der Waals surface area contributed by atoms with E-state index in [9.17, 15) is 4.79 Å². The van der Waals surface area contributed by atoms with Crippen LogP contribution in [0.5, 0.6) is 0 Å². The first-order chi connectivity index (χ1) is 13.0. The quantitative estimate of drug-likeness (QED) is 0.362. The van der Waals surface area contributed by atoms with Crippen LogP contribution < -0.4 is 0 Å². The number of hydrogen-bond acceptors (Lipinski definition) is 5. The maximum absolute atomic E-state index is 11.8. The molecule has 0 amide bonds. The second kappa shape index (κ2) is 10.7. The van der Waals surface area contributed by atoms with Gasteiger partial charge in [-0.2, -0.15) is 0 Å². The lowest BCUT2D eigenvalue weighted by molar-refractivity contribution is -0.153. The number of halogens is 1. The summed E-state index contributed by atoms with van der Waals surface area (Å²) >= 11 is 5.96. The smallest absolute Gasteiger partial charge is 0.335 e. The van der Waals surface area contributed by atoms with Crippen LogP contribution >= 0.6 is 11.6 Å². The van der Waals surface area contributed by atoms with Gasteiger partial charge in [-0.1, -0.05) is 47.1 Å². The fraction of sp³-hybridized carbons (Fsp3) is 0.333. The van der Waals surface area contributed by atoms with Crippen molar-refractivity contribution in [2.24, 2.45) is 5.16 Å². The number of ether oxygens (including phenoxy) is 2.